The van der Waals surface area contributed by atoms with E-state index in [9.17, 15) is 45.6 Å². The predicted molar refractivity (Wildman–Crippen MR) is 429 cm³/mol. The predicted octanol–water partition coefficient (Wildman–Crippen LogP) is 21.5. The Morgan fingerprint density at radius 1 is 0.340 bits per heavy atom. The van der Waals surface area contributed by atoms with Gasteiger partial charge in [0.15, 0.2) is 12.6 Å². The Hall–Kier alpha value is -1.79. The fraction of sp³-hybridized carbons (Fsp3) is 0.921. The van der Waals surface area contributed by atoms with Crippen LogP contribution in [0, 0.1) is 0 Å². The van der Waals surface area contributed by atoms with E-state index in [0.29, 0.717) is 12.8 Å². The second-order valence-electron chi connectivity index (χ2n) is 31.7. The molecular formula is C89H169NO13. The van der Waals surface area contributed by atoms with Crippen LogP contribution < -0.4 is 5.32 Å². The number of hydrogen-bond donors (Lipinski definition) is 9. The van der Waals surface area contributed by atoms with Gasteiger partial charge in [0.1, 0.15) is 48.8 Å². The summed E-state index contributed by atoms with van der Waals surface area (Å²) in [5.41, 5.74) is 0. The molecule has 2 fully saturated rings. The first-order valence-corrected chi connectivity index (χ1v) is 44.7. The van der Waals surface area contributed by atoms with Crippen molar-refractivity contribution in [3.05, 3.63) is 36.5 Å². The summed E-state index contributed by atoms with van der Waals surface area (Å²) in [6, 6.07) is -0.939. The molecule has 14 nitrogen and oxygen atoms in total. The SMILES string of the molecule is CCCCCCCCCCCCCCCCCCCCC/C=C/CC/C=C/CC/C=C/C(O)C(COC1OC(CO)C(OC2OC(CO)C(O)C(O)C2O)C(O)C1O)NC(=O)CCCCCCCCCCCCCCCCCCCCCCCCCCCCCCCCCCCCCCCCCC. The molecule has 12 unspecified atom stereocenters. The van der Waals surface area contributed by atoms with Gasteiger partial charge in [-0.05, 0) is 44.9 Å². The molecule has 2 heterocycles. The van der Waals surface area contributed by atoms with Crippen molar-refractivity contribution in [1.29, 1.82) is 0 Å². The topological polar surface area (TPSA) is 228 Å². The third kappa shape index (κ3) is 55.3. The van der Waals surface area contributed by atoms with Crippen LogP contribution in [0.3, 0.4) is 0 Å². The van der Waals surface area contributed by atoms with Crippen LogP contribution >= 0.6 is 0 Å². The van der Waals surface area contributed by atoms with Crippen molar-refractivity contribution in [2.75, 3.05) is 19.8 Å². The normalized spacial score (nSPS) is 21.7. The second-order valence-corrected chi connectivity index (χ2v) is 31.7. The average molecular weight is 1460 g/mol. The van der Waals surface area contributed by atoms with Gasteiger partial charge in [0.2, 0.25) is 5.91 Å². The number of unbranched alkanes of at least 4 members (excludes halogenated alkanes) is 60. The Morgan fingerprint density at radius 2 is 0.621 bits per heavy atom. The lowest BCUT2D eigenvalue weighted by atomic mass is 9.97. The molecule has 1 amide bonds. The Bertz CT molecular complexity index is 1870. The molecule has 0 spiro atoms. The molecule has 12 atom stereocenters. The number of hydrogen-bond acceptors (Lipinski definition) is 13. The second kappa shape index (κ2) is 73.0. The standard InChI is InChI=1S/C89H169NO13/c1-3-5-7-9-11-13-15-17-19-21-23-25-27-29-31-33-34-35-36-37-38-39-40-41-42-43-45-47-49-51-53-55-57-59-61-63-65-67-69-71-73-81(94)90-77(76-100-88-86(99)84(97)87(80(75-92)102-88)103-89-85(98)83(96)82(95)79(74-91)101-89)78(93)72-70-68-66-64-62-60-58-56-54-52-50-48-46-44-32-30-28-26-24-22-20-18-16-14-12-10-8-6-4-2/h54,56,62,64,70,72,77-80,82-89,91-93,95-99H,3-53,55,57-61,63,65-69,71,73-76H2,1-2H3,(H,90,94)/b56-54+,64-62+,72-70+. The van der Waals surface area contributed by atoms with Crippen molar-refractivity contribution in [1.82, 2.24) is 5.32 Å². The first kappa shape index (κ1) is 97.3. The van der Waals surface area contributed by atoms with E-state index in [1.54, 1.807) is 6.08 Å². The van der Waals surface area contributed by atoms with Crippen LogP contribution in [-0.4, -0.2) is 140 Å². The first-order chi connectivity index (χ1) is 50.6. The fourth-order valence-corrected chi connectivity index (χ4v) is 15.0. The van der Waals surface area contributed by atoms with Crippen LogP contribution in [-0.2, 0) is 23.7 Å². The number of nitrogens with one attached hydrogen (secondary N) is 1. The van der Waals surface area contributed by atoms with Crippen LogP contribution in [0.4, 0.5) is 0 Å². The molecule has 0 saturated carbocycles. The number of rotatable bonds is 77. The van der Waals surface area contributed by atoms with E-state index in [0.717, 1.165) is 44.9 Å². The Labute approximate surface area is 633 Å². The van der Waals surface area contributed by atoms with Gasteiger partial charge in [-0.2, -0.15) is 0 Å². The van der Waals surface area contributed by atoms with Gasteiger partial charge >= 0.3 is 0 Å². The van der Waals surface area contributed by atoms with Crippen molar-refractivity contribution in [2.24, 2.45) is 0 Å². The molecule has 0 aromatic rings. The van der Waals surface area contributed by atoms with E-state index in [2.05, 4.69) is 43.5 Å². The number of carbonyl (C=O) groups excluding carboxylic acids is 1. The summed E-state index contributed by atoms with van der Waals surface area (Å²) >= 11 is 0. The third-order valence-corrected chi connectivity index (χ3v) is 22.1. The maximum absolute atomic E-state index is 13.4. The van der Waals surface area contributed by atoms with Crippen molar-refractivity contribution in [3.63, 3.8) is 0 Å². The smallest absolute Gasteiger partial charge is 0.220 e. The summed E-state index contributed by atoms with van der Waals surface area (Å²) < 4.78 is 22.9. The molecule has 2 saturated heterocycles. The summed E-state index contributed by atoms with van der Waals surface area (Å²) in [6.07, 6.45) is 81.4. The Kier molecular flexibility index (Phi) is 69.0. The first-order valence-electron chi connectivity index (χ1n) is 44.7. The zero-order valence-corrected chi connectivity index (χ0v) is 67.1. The van der Waals surface area contributed by atoms with Gasteiger partial charge in [-0.1, -0.05) is 416 Å². The summed E-state index contributed by atoms with van der Waals surface area (Å²) in [5.74, 6) is -0.244. The molecule has 0 aliphatic carbocycles. The highest BCUT2D eigenvalue weighted by Crippen LogP contribution is 2.31. The molecule has 2 aliphatic heterocycles. The quantitative estimate of drug-likeness (QED) is 0.0204. The van der Waals surface area contributed by atoms with Gasteiger partial charge in [-0.3, -0.25) is 4.79 Å². The minimum absolute atomic E-state index is 0.244. The maximum atomic E-state index is 13.4. The van der Waals surface area contributed by atoms with Gasteiger partial charge < -0.3 is 65.1 Å². The van der Waals surface area contributed by atoms with E-state index in [1.807, 2.05) is 6.08 Å². The van der Waals surface area contributed by atoms with E-state index < -0.39 is 86.8 Å². The van der Waals surface area contributed by atoms with Gasteiger partial charge in [-0.25, -0.2) is 0 Å². The maximum Gasteiger partial charge on any atom is 0.220 e. The molecule has 2 rings (SSSR count). The van der Waals surface area contributed by atoms with E-state index >= 15 is 0 Å². The molecule has 14 heteroatoms. The third-order valence-electron chi connectivity index (χ3n) is 22.1. The molecule has 0 radical (unpaired) electrons. The van der Waals surface area contributed by atoms with Crippen LogP contribution in [0.1, 0.15) is 431 Å². The Morgan fingerprint density at radius 3 is 0.951 bits per heavy atom. The molecular weight excluding hydrogens is 1290 g/mol. The van der Waals surface area contributed by atoms with Gasteiger partial charge in [0, 0.05) is 6.42 Å². The van der Waals surface area contributed by atoms with Gasteiger partial charge in [0.25, 0.3) is 0 Å². The fourth-order valence-electron chi connectivity index (χ4n) is 15.0. The highest BCUT2D eigenvalue weighted by atomic mass is 16.7. The van der Waals surface area contributed by atoms with Gasteiger partial charge in [-0.15, -0.1) is 0 Å². The van der Waals surface area contributed by atoms with Crippen molar-refractivity contribution >= 4 is 5.91 Å². The zero-order chi connectivity index (χ0) is 74.4. The van der Waals surface area contributed by atoms with Crippen molar-refractivity contribution in [2.45, 2.75) is 505 Å². The summed E-state index contributed by atoms with van der Waals surface area (Å²) in [7, 11) is 0. The number of amides is 1. The minimum Gasteiger partial charge on any atom is -0.394 e. The van der Waals surface area contributed by atoms with Crippen molar-refractivity contribution in [3.8, 4) is 0 Å². The largest absolute Gasteiger partial charge is 0.394 e. The molecule has 0 bridgehead atoms. The summed E-state index contributed by atoms with van der Waals surface area (Å²) in [6.45, 7) is 2.85. The lowest BCUT2D eigenvalue weighted by molar-refractivity contribution is -0.359. The molecule has 2 aliphatic rings. The number of carbonyl (C=O) groups is 1. The van der Waals surface area contributed by atoms with Crippen LogP contribution in [0.2, 0.25) is 0 Å². The molecule has 9 N–H and O–H groups in total. The average Bonchev–Trinajstić information content (AvgIpc) is 0.791. The Balaban J connectivity index is 1.57. The highest BCUT2D eigenvalue weighted by molar-refractivity contribution is 5.76. The van der Waals surface area contributed by atoms with Crippen LogP contribution in [0.25, 0.3) is 0 Å². The minimum atomic E-state index is -1.79. The van der Waals surface area contributed by atoms with E-state index in [4.69, 9.17) is 18.9 Å². The lowest BCUT2D eigenvalue weighted by Crippen LogP contribution is -2.65. The lowest BCUT2D eigenvalue weighted by Gasteiger charge is -2.46. The van der Waals surface area contributed by atoms with E-state index in [-0.39, 0.29) is 18.9 Å². The molecule has 0 aromatic carbocycles. The molecule has 103 heavy (non-hydrogen) atoms. The van der Waals surface area contributed by atoms with Gasteiger partial charge in [0.05, 0.1) is 32.0 Å². The van der Waals surface area contributed by atoms with Crippen molar-refractivity contribution < 1.29 is 64.6 Å². The van der Waals surface area contributed by atoms with Crippen LogP contribution in [0.15, 0.2) is 36.5 Å². The molecule has 608 valence electrons. The number of ether oxygens (including phenoxy) is 4. The summed E-state index contributed by atoms with van der Waals surface area (Å²) in [4.78, 5) is 13.4. The monoisotopic (exact) mass is 1460 g/mol. The zero-order valence-electron chi connectivity index (χ0n) is 67.1. The number of allylic oxidation sites excluding steroid dienone is 5. The number of aliphatic hydroxyl groups excluding tert-OH is 8. The highest BCUT2D eigenvalue weighted by Gasteiger charge is 2.51. The molecule has 0 aromatic heterocycles. The van der Waals surface area contributed by atoms with E-state index in [1.165, 1.54) is 353 Å². The summed E-state index contributed by atoms with van der Waals surface area (Å²) in [5, 5.41) is 87.8. The number of aliphatic hydroxyl groups is 8. The van der Waals surface area contributed by atoms with Crippen LogP contribution in [0.5, 0.6) is 0 Å².